The van der Waals surface area contributed by atoms with Crippen molar-refractivity contribution in [3.05, 3.63) is 28.5 Å². The number of halogens is 3. The maximum absolute atomic E-state index is 13.4. The summed E-state index contributed by atoms with van der Waals surface area (Å²) in [7, 11) is -3.68. The van der Waals surface area contributed by atoms with Crippen molar-refractivity contribution in [1.29, 1.82) is 0 Å². The fraction of sp³-hybridized carbons (Fsp3) is 0.400. The van der Waals surface area contributed by atoms with Crippen LogP contribution in [-0.2, 0) is 15.9 Å². The van der Waals surface area contributed by atoms with Crippen molar-refractivity contribution in [1.82, 2.24) is 4.72 Å². The Labute approximate surface area is 109 Å². The zero-order chi connectivity index (χ0) is 12.6. The quantitative estimate of drug-likeness (QED) is 0.869. The van der Waals surface area contributed by atoms with E-state index in [1.807, 2.05) is 0 Å². The number of benzene rings is 1. The second-order valence-electron chi connectivity index (χ2n) is 3.91. The highest BCUT2D eigenvalue weighted by Crippen LogP contribution is 2.27. The molecule has 0 aliphatic heterocycles. The van der Waals surface area contributed by atoms with Crippen LogP contribution < -0.4 is 4.72 Å². The first-order valence-electron chi connectivity index (χ1n) is 5.00. The van der Waals surface area contributed by atoms with Gasteiger partial charge in [-0.1, -0.05) is 11.6 Å². The van der Waals surface area contributed by atoms with Crippen molar-refractivity contribution in [2.24, 2.45) is 0 Å². The van der Waals surface area contributed by atoms with Gasteiger partial charge < -0.3 is 0 Å². The predicted octanol–water partition coefficient (Wildman–Crippen LogP) is 2.66. The molecular weight excluding hydrogens is 288 g/mol. The first-order chi connectivity index (χ1) is 7.94. The van der Waals surface area contributed by atoms with Gasteiger partial charge in [0, 0.05) is 11.9 Å². The van der Waals surface area contributed by atoms with Crippen LogP contribution in [0.4, 0.5) is 4.39 Å². The normalized spacial score (nSPS) is 16.2. The van der Waals surface area contributed by atoms with E-state index in [2.05, 4.69) is 4.72 Å². The Morgan fingerprint density at radius 2 is 2.06 bits per heavy atom. The first-order valence-corrected chi connectivity index (χ1v) is 7.40. The van der Waals surface area contributed by atoms with E-state index in [1.165, 1.54) is 6.07 Å². The van der Waals surface area contributed by atoms with Gasteiger partial charge in [0.2, 0.25) is 10.0 Å². The molecule has 0 spiro atoms. The van der Waals surface area contributed by atoms with Crippen LogP contribution in [0.25, 0.3) is 0 Å². The van der Waals surface area contributed by atoms with Crippen molar-refractivity contribution in [3.8, 4) is 0 Å². The molecule has 0 atom stereocenters. The summed E-state index contributed by atoms with van der Waals surface area (Å²) in [6.45, 7) is 0. The maximum Gasteiger partial charge on any atom is 0.240 e. The zero-order valence-electron chi connectivity index (χ0n) is 8.71. The van der Waals surface area contributed by atoms with Gasteiger partial charge >= 0.3 is 0 Å². The molecule has 1 aliphatic carbocycles. The molecule has 1 aromatic carbocycles. The molecule has 2 rings (SSSR count). The molecule has 1 saturated carbocycles. The lowest BCUT2D eigenvalue weighted by Crippen LogP contribution is -2.26. The highest BCUT2D eigenvalue weighted by atomic mass is 35.5. The van der Waals surface area contributed by atoms with Gasteiger partial charge in [-0.15, -0.1) is 11.6 Å². The number of rotatable bonds is 4. The first kappa shape index (κ1) is 13.1. The molecule has 1 fully saturated rings. The molecule has 0 radical (unpaired) electrons. The van der Waals surface area contributed by atoms with Crippen molar-refractivity contribution >= 4 is 33.2 Å². The summed E-state index contributed by atoms with van der Waals surface area (Å²) >= 11 is 11.2. The van der Waals surface area contributed by atoms with E-state index in [4.69, 9.17) is 23.2 Å². The maximum atomic E-state index is 13.4. The standard InChI is InChI=1S/C10H10Cl2FNO2S/c11-5-6-3-8(4-9(13)10(6)12)17(15,16)14-7-1-2-7/h3-4,7,14H,1-2,5H2. The Hall–Kier alpha value is -0.360. The molecular formula is C10H10Cl2FNO2S. The Morgan fingerprint density at radius 3 is 2.59 bits per heavy atom. The third-order valence-electron chi connectivity index (χ3n) is 2.43. The number of nitrogens with one attached hydrogen (secondary N) is 1. The van der Waals surface area contributed by atoms with Crippen LogP contribution in [0, 0.1) is 5.82 Å². The average Bonchev–Trinajstić information content (AvgIpc) is 3.04. The number of alkyl halides is 1. The van der Waals surface area contributed by atoms with E-state index in [0.29, 0.717) is 0 Å². The largest absolute Gasteiger partial charge is 0.240 e. The Kier molecular flexibility index (Phi) is 3.63. The Balaban J connectivity index is 2.41. The summed E-state index contributed by atoms with van der Waals surface area (Å²) in [4.78, 5) is -0.137. The van der Waals surface area contributed by atoms with Crippen LogP contribution in [0.15, 0.2) is 17.0 Å². The van der Waals surface area contributed by atoms with E-state index >= 15 is 0 Å². The summed E-state index contributed by atoms with van der Waals surface area (Å²) in [5.41, 5.74) is 0.268. The minimum atomic E-state index is -3.68. The topological polar surface area (TPSA) is 46.2 Å². The lowest BCUT2D eigenvalue weighted by Gasteiger charge is -2.08. The molecule has 0 saturated heterocycles. The third kappa shape index (κ3) is 2.91. The van der Waals surface area contributed by atoms with Crippen LogP contribution >= 0.6 is 23.2 Å². The van der Waals surface area contributed by atoms with Gasteiger partial charge in [-0.3, -0.25) is 0 Å². The third-order valence-corrected chi connectivity index (χ3v) is 4.64. The molecule has 1 aromatic rings. The average molecular weight is 298 g/mol. The molecule has 0 bridgehead atoms. The van der Waals surface area contributed by atoms with Gasteiger partial charge in [-0.25, -0.2) is 17.5 Å². The molecule has 1 aliphatic rings. The molecule has 0 unspecified atom stereocenters. The van der Waals surface area contributed by atoms with Gasteiger partial charge in [-0.2, -0.15) is 0 Å². The summed E-state index contributed by atoms with van der Waals surface area (Å²) in [5.74, 6) is -0.816. The monoisotopic (exact) mass is 297 g/mol. The summed E-state index contributed by atoms with van der Waals surface area (Å²) in [6.07, 6.45) is 1.63. The Bertz CT molecular complexity index is 543. The molecule has 1 N–H and O–H groups in total. The zero-order valence-corrected chi connectivity index (χ0v) is 11.0. The van der Waals surface area contributed by atoms with Gasteiger partial charge in [0.25, 0.3) is 0 Å². The van der Waals surface area contributed by atoms with Gasteiger partial charge in [0.05, 0.1) is 9.92 Å². The van der Waals surface area contributed by atoms with Crippen molar-refractivity contribution in [2.75, 3.05) is 0 Å². The molecule has 3 nitrogen and oxygen atoms in total. The fourth-order valence-electron chi connectivity index (χ4n) is 1.36. The Morgan fingerprint density at radius 1 is 1.41 bits per heavy atom. The highest BCUT2D eigenvalue weighted by Gasteiger charge is 2.28. The molecule has 7 heteroatoms. The number of sulfonamides is 1. The summed E-state index contributed by atoms with van der Waals surface area (Å²) < 4.78 is 39.6. The van der Waals surface area contributed by atoms with Crippen LogP contribution in [-0.4, -0.2) is 14.5 Å². The SMILES string of the molecule is O=S(=O)(NC1CC1)c1cc(F)c(Cl)c(CCl)c1. The molecule has 0 heterocycles. The molecule has 17 heavy (non-hydrogen) atoms. The van der Waals surface area contributed by atoms with E-state index in [9.17, 15) is 12.8 Å². The summed E-state index contributed by atoms with van der Waals surface area (Å²) in [6, 6.07) is 2.17. The van der Waals surface area contributed by atoms with Crippen molar-refractivity contribution in [2.45, 2.75) is 29.7 Å². The molecule has 0 aromatic heterocycles. The minimum absolute atomic E-state index is 0.0295. The van der Waals surface area contributed by atoms with E-state index in [0.717, 1.165) is 18.9 Å². The number of hydrogen-bond acceptors (Lipinski definition) is 2. The predicted molar refractivity (Wildman–Crippen MR) is 64.3 cm³/mol. The van der Waals surface area contributed by atoms with E-state index in [1.54, 1.807) is 0 Å². The van der Waals surface area contributed by atoms with Gasteiger partial charge in [0.15, 0.2) is 0 Å². The van der Waals surface area contributed by atoms with E-state index < -0.39 is 15.8 Å². The van der Waals surface area contributed by atoms with E-state index in [-0.39, 0.29) is 27.4 Å². The highest BCUT2D eigenvalue weighted by molar-refractivity contribution is 7.89. The smallest absolute Gasteiger partial charge is 0.208 e. The summed E-state index contributed by atoms with van der Waals surface area (Å²) in [5, 5.41) is -0.134. The molecule has 94 valence electrons. The van der Waals surface area contributed by atoms with Crippen LogP contribution in [0.2, 0.25) is 5.02 Å². The number of hydrogen-bond donors (Lipinski definition) is 1. The van der Waals surface area contributed by atoms with Crippen LogP contribution in [0.3, 0.4) is 0 Å². The fourth-order valence-corrected chi connectivity index (χ4v) is 3.18. The van der Waals surface area contributed by atoms with Gasteiger partial charge in [-0.05, 0) is 30.5 Å². The lowest BCUT2D eigenvalue weighted by molar-refractivity contribution is 0.577. The van der Waals surface area contributed by atoms with Crippen LogP contribution in [0.5, 0.6) is 0 Å². The lowest BCUT2D eigenvalue weighted by atomic mass is 10.2. The van der Waals surface area contributed by atoms with Crippen LogP contribution in [0.1, 0.15) is 18.4 Å². The van der Waals surface area contributed by atoms with Crippen molar-refractivity contribution < 1.29 is 12.8 Å². The van der Waals surface area contributed by atoms with Crippen molar-refractivity contribution in [3.63, 3.8) is 0 Å². The molecule has 0 amide bonds. The second kappa shape index (κ2) is 4.72. The van der Waals surface area contributed by atoms with Gasteiger partial charge in [0.1, 0.15) is 5.82 Å². The second-order valence-corrected chi connectivity index (χ2v) is 6.27. The minimum Gasteiger partial charge on any atom is -0.208 e.